The van der Waals surface area contributed by atoms with Crippen LogP contribution in [0.5, 0.6) is 11.5 Å². The molecule has 0 atom stereocenters. The molecule has 1 aliphatic heterocycles. The van der Waals surface area contributed by atoms with Crippen LogP contribution in [0.2, 0.25) is 0 Å². The number of nitrogens with two attached hydrogens (primary N) is 1. The van der Waals surface area contributed by atoms with E-state index in [1.807, 2.05) is 12.1 Å². The Hall–Kier alpha value is -1.46. The van der Waals surface area contributed by atoms with Crippen molar-refractivity contribution in [2.45, 2.75) is 57.8 Å². The summed E-state index contributed by atoms with van der Waals surface area (Å²) in [5, 5.41) is 3.14. The highest BCUT2D eigenvalue weighted by Gasteiger charge is 2.33. The summed E-state index contributed by atoms with van der Waals surface area (Å²) in [5.41, 5.74) is 6.97. The second kappa shape index (κ2) is 9.16. The molecule has 0 spiro atoms. The lowest BCUT2D eigenvalue weighted by atomic mass is 9.71. The van der Waals surface area contributed by atoms with Gasteiger partial charge in [0.2, 0.25) is 5.91 Å². The van der Waals surface area contributed by atoms with Gasteiger partial charge >= 0.3 is 0 Å². The monoisotopic (exact) mass is 396 g/mol. The van der Waals surface area contributed by atoms with Crippen LogP contribution in [0.1, 0.15) is 57.9 Å². The lowest BCUT2D eigenvalue weighted by Gasteiger charge is -2.36. The quantitative estimate of drug-likeness (QED) is 0.770. The molecular formula is C21H33ClN2O3. The van der Waals surface area contributed by atoms with E-state index >= 15 is 0 Å². The van der Waals surface area contributed by atoms with Gasteiger partial charge in [-0.05, 0) is 42.5 Å². The third-order valence-electron chi connectivity index (χ3n) is 5.93. The van der Waals surface area contributed by atoms with Crippen molar-refractivity contribution in [3.63, 3.8) is 0 Å². The van der Waals surface area contributed by atoms with Crippen LogP contribution in [0, 0.1) is 5.41 Å². The van der Waals surface area contributed by atoms with Crippen LogP contribution in [0.15, 0.2) is 18.2 Å². The van der Waals surface area contributed by atoms with Crippen LogP contribution in [0.25, 0.3) is 0 Å². The highest BCUT2D eigenvalue weighted by atomic mass is 35.5. The van der Waals surface area contributed by atoms with Gasteiger partial charge in [0, 0.05) is 18.4 Å². The van der Waals surface area contributed by atoms with Gasteiger partial charge in [-0.2, -0.15) is 0 Å². The maximum absolute atomic E-state index is 12.6. The zero-order valence-electron chi connectivity index (χ0n) is 16.5. The molecule has 0 aromatic heterocycles. The second-order valence-electron chi connectivity index (χ2n) is 8.46. The molecule has 27 heavy (non-hydrogen) atoms. The fourth-order valence-corrected chi connectivity index (χ4v) is 4.04. The number of halogens is 1. The lowest BCUT2D eigenvalue weighted by Crippen LogP contribution is -2.42. The number of carbonyl (C=O) groups is 1. The number of amides is 1. The van der Waals surface area contributed by atoms with Crippen LogP contribution in [-0.4, -0.2) is 32.2 Å². The summed E-state index contributed by atoms with van der Waals surface area (Å²) in [6, 6.07) is 6.05. The molecule has 5 nitrogen and oxygen atoms in total. The first kappa shape index (κ1) is 21.8. The van der Waals surface area contributed by atoms with Gasteiger partial charge in [-0.1, -0.05) is 39.2 Å². The smallest absolute Gasteiger partial charge is 0.220 e. The van der Waals surface area contributed by atoms with Gasteiger partial charge in [-0.25, -0.2) is 0 Å². The maximum Gasteiger partial charge on any atom is 0.220 e. The maximum atomic E-state index is 12.6. The Morgan fingerprint density at radius 2 is 1.81 bits per heavy atom. The Kier molecular flexibility index (Phi) is 7.40. The van der Waals surface area contributed by atoms with Gasteiger partial charge in [-0.15, -0.1) is 12.4 Å². The van der Waals surface area contributed by atoms with E-state index in [-0.39, 0.29) is 29.1 Å². The van der Waals surface area contributed by atoms with E-state index in [4.69, 9.17) is 15.2 Å². The van der Waals surface area contributed by atoms with Gasteiger partial charge in [0.1, 0.15) is 13.2 Å². The molecule has 3 rings (SSSR count). The summed E-state index contributed by atoms with van der Waals surface area (Å²) in [6.07, 6.45) is 6.33. The minimum atomic E-state index is -0.187. The number of benzene rings is 1. The SMILES string of the molecule is CC(C)(CNC(=O)CC1(CN)CCCCC1)c1ccc2c(c1)OCCO2.Cl. The minimum Gasteiger partial charge on any atom is -0.486 e. The normalized spacial score (nSPS) is 18.3. The van der Waals surface area contributed by atoms with Crippen LogP contribution in [0.4, 0.5) is 0 Å². The molecule has 2 aliphatic rings. The third-order valence-corrected chi connectivity index (χ3v) is 5.93. The zero-order chi connectivity index (χ0) is 18.6. The minimum absolute atomic E-state index is 0. The number of carbonyl (C=O) groups excluding carboxylic acids is 1. The fourth-order valence-electron chi connectivity index (χ4n) is 4.04. The number of ether oxygens (including phenoxy) is 2. The predicted molar refractivity (Wildman–Crippen MR) is 110 cm³/mol. The van der Waals surface area contributed by atoms with Crippen molar-refractivity contribution in [3.05, 3.63) is 23.8 Å². The molecule has 1 aliphatic carbocycles. The Balaban J connectivity index is 0.00000261. The Labute approximate surface area is 168 Å². The number of hydrogen-bond acceptors (Lipinski definition) is 4. The van der Waals surface area contributed by atoms with Gasteiger partial charge in [0.25, 0.3) is 0 Å². The molecule has 3 N–H and O–H groups in total. The van der Waals surface area contributed by atoms with E-state index in [0.29, 0.717) is 32.7 Å². The van der Waals surface area contributed by atoms with Gasteiger partial charge in [-0.3, -0.25) is 4.79 Å². The molecule has 0 unspecified atom stereocenters. The number of fused-ring (bicyclic) bond motifs is 1. The van der Waals surface area contributed by atoms with Gasteiger partial charge < -0.3 is 20.5 Å². The van der Waals surface area contributed by atoms with Crippen molar-refractivity contribution < 1.29 is 14.3 Å². The number of rotatable bonds is 6. The third kappa shape index (κ3) is 5.29. The number of nitrogens with one attached hydrogen (secondary N) is 1. The van der Waals surface area contributed by atoms with E-state index in [0.717, 1.165) is 29.9 Å². The molecule has 1 amide bonds. The summed E-state index contributed by atoms with van der Waals surface area (Å²) < 4.78 is 11.3. The molecule has 1 fully saturated rings. The van der Waals surface area contributed by atoms with Crippen molar-refractivity contribution in [1.29, 1.82) is 0 Å². The summed E-state index contributed by atoms with van der Waals surface area (Å²) >= 11 is 0. The Morgan fingerprint density at radius 3 is 2.48 bits per heavy atom. The van der Waals surface area contributed by atoms with Gasteiger partial charge in [0.05, 0.1) is 0 Å². The first-order chi connectivity index (χ1) is 12.4. The fraction of sp³-hybridized carbons (Fsp3) is 0.667. The lowest BCUT2D eigenvalue weighted by molar-refractivity contribution is -0.124. The summed E-state index contributed by atoms with van der Waals surface area (Å²) in [4.78, 5) is 12.6. The van der Waals surface area contributed by atoms with Crippen LogP contribution in [0.3, 0.4) is 0 Å². The first-order valence-electron chi connectivity index (χ1n) is 9.81. The highest BCUT2D eigenvalue weighted by molar-refractivity contribution is 5.85. The number of hydrogen-bond donors (Lipinski definition) is 2. The van der Waals surface area contributed by atoms with Crippen molar-refractivity contribution in [3.8, 4) is 11.5 Å². The summed E-state index contributed by atoms with van der Waals surface area (Å²) in [7, 11) is 0. The molecule has 152 valence electrons. The Bertz CT molecular complexity index is 642. The molecule has 1 saturated carbocycles. The molecular weight excluding hydrogens is 364 g/mol. The van der Waals surface area contributed by atoms with Crippen molar-refractivity contribution in [1.82, 2.24) is 5.32 Å². The highest BCUT2D eigenvalue weighted by Crippen LogP contribution is 2.38. The molecule has 0 radical (unpaired) electrons. The van der Waals surface area contributed by atoms with E-state index in [1.54, 1.807) is 0 Å². The second-order valence-corrected chi connectivity index (χ2v) is 8.46. The van der Waals surface area contributed by atoms with Crippen LogP contribution >= 0.6 is 12.4 Å². The average molecular weight is 397 g/mol. The summed E-state index contributed by atoms with van der Waals surface area (Å²) in [6.45, 7) is 6.64. The van der Waals surface area contributed by atoms with Crippen LogP contribution in [-0.2, 0) is 10.2 Å². The Morgan fingerprint density at radius 1 is 1.15 bits per heavy atom. The van der Waals surface area contributed by atoms with E-state index < -0.39 is 0 Å². The van der Waals surface area contributed by atoms with Crippen LogP contribution < -0.4 is 20.5 Å². The van der Waals surface area contributed by atoms with E-state index in [2.05, 4.69) is 25.2 Å². The molecule has 1 heterocycles. The van der Waals surface area contributed by atoms with Crippen molar-refractivity contribution in [2.24, 2.45) is 11.1 Å². The topological polar surface area (TPSA) is 73.6 Å². The molecule has 1 aromatic rings. The zero-order valence-corrected chi connectivity index (χ0v) is 17.3. The standard InChI is InChI=1S/C21H32N2O3.ClH/c1-20(2,16-6-7-17-18(12-16)26-11-10-25-17)15-23-19(24)13-21(14-22)8-4-3-5-9-21;/h6-7,12H,3-5,8-11,13-15,22H2,1-2H3,(H,23,24);1H. The molecule has 0 bridgehead atoms. The largest absolute Gasteiger partial charge is 0.486 e. The van der Waals surface area contributed by atoms with E-state index in [1.165, 1.54) is 19.3 Å². The molecule has 6 heteroatoms. The first-order valence-corrected chi connectivity index (χ1v) is 9.81. The van der Waals surface area contributed by atoms with Crippen molar-refractivity contribution in [2.75, 3.05) is 26.3 Å². The average Bonchev–Trinajstić information content (AvgIpc) is 2.67. The van der Waals surface area contributed by atoms with Crippen molar-refractivity contribution >= 4 is 18.3 Å². The molecule has 1 aromatic carbocycles. The molecule has 0 saturated heterocycles. The van der Waals surface area contributed by atoms with E-state index in [9.17, 15) is 4.79 Å². The van der Waals surface area contributed by atoms with Gasteiger partial charge in [0.15, 0.2) is 11.5 Å². The summed E-state index contributed by atoms with van der Waals surface area (Å²) in [5.74, 6) is 1.70. The predicted octanol–water partition coefficient (Wildman–Crippen LogP) is 3.57.